The highest BCUT2D eigenvalue weighted by Gasteiger charge is 2.10. The Morgan fingerprint density at radius 2 is 2.08 bits per heavy atom. The molecule has 0 saturated carbocycles. The first-order valence-corrected chi connectivity index (χ1v) is 7.98. The molecule has 0 atom stereocenters. The molecule has 2 N–H and O–H groups in total. The van der Waals surface area contributed by atoms with Gasteiger partial charge in [0.05, 0.1) is 17.7 Å². The van der Waals surface area contributed by atoms with Crippen LogP contribution in [0.4, 0.5) is 5.69 Å². The smallest absolute Gasteiger partial charge is 0.335 e. The van der Waals surface area contributed by atoms with Gasteiger partial charge >= 0.3 is 5.97 Å². The Morgan fingerprint density at radius 1 is 1.21 bits per heavy atom. The summed E-state index contributed by atoms with van der Waals surface area (Å²) in [5.74, 6) is -1.28. The Hall–Kier alpha value is -3.06. The van der Waals surface area contributed by atoms with Gasteiger partial charge in [-0.3, -0.25) is 9.78 Å². The van der Waals surface area contributed by atoms with Gasteiger partial charge in [0.25, 0.3) is 0 Å². The first-order valence-electron chi connectivity index (χ1n) is 7.10. The van der Waals surface area contributed by atoms with Crippen molar-refractivity contribution in [3.63, 3.8) is 0 Å². The van der Waals surface area contributed by atoms with Crippen LogP contribution in [0.3, 0.4) is 0 Å². The maximum absolute atomic E-state index is 12.1. The molecule has 0 aliphatic heterocycles. The molecule has 0 aliphatic carbocycles. The predicted molar refractivity (Wildman–Crippen MR) is 91.1 cm³/mol. The molecule has 0 saturated heterocycles. The lowest BCUT2D eigenvalue weighted by Crippen LogP contribution is -2.15. The number of carboxylic acid groups (broad SMARTS) is 1. The fourth-order valence-electron chi connectivity index (χ4n) is 2.11. The van der Waals surface area contributed by atoms with Gasteiger partial charge in [-0.1, -0.05) is 6.07 Å². The normalized spacial score (nSPS) is 10.3. The third-order valence-corrected chi connectivity index (χ3v) is 4.14. The van der Waals surface area contributed by atoms with E-state index >= 15 is 0 Å². The maximum Gasteiger partial charge on any atom is 0.335 e. The van der Waals surface area contributed by atoms with E-state index in [0.717, 1.165) is 10.6 Å². The summed E-state index contributed by atoms with van der Waals surface area (Å²) in [4.78, 5) is 31.5. The maximum atomic E-state index is 12.1. The molecule has 3 rings (SSSR count). The summed E-state index contributed by atoms with van der Waals surface area (Å²) in [6, 6.07) is 9.86. The molecule has 0 unspecified atom stereocenters. The Balaban J connectivity index is 1.66. The summed E-state index contributed by atoms with van der Waals surface area (Å²) in [6.07, 6.45) is 3.53. The van der Waals surface area contributed by atoms with E-state index in [2.05, 4.69) is 15.3 Å². The number of carboxylic acids is 1. The summed E-state index contributed by atoms with van der Waals surface area (Å²) < 4.78 is 0. The quantitative estimate of drug-likeness (QED) is 0.745. The number of hydrogen-bond donors (Lipinski definition) is 2. The molecule has 7 heteroatoms. The first-order chi connectivity index (χ1) is 11.6. The van der Waals surface area contributed by atoms with Gasteiger partial charge in [-0.05, 0) is 30.3 Å². The lowest BCUT2D eigenvalue weighted by atomic mass is 10.2. The zero-order valence-corrected chi connectivity index (χ0v) is 13.3. The van der Waals surface area contributed by atoms with E-state index in [-0.39, 0.29) is 17.9 Å². The summed E-state index contributed by atoms with van der Waals surface area (Å²) in [7, 11) is 0. The van der Waals surface area contributed by atoms with Crippen molar-refractivity contribution in [3.05, 3.63) is 65.4 Å². The van der Waals surface area contributed by atoms with Crippen molar-refractivity contribution < 1.29 is 14.7 Å². The highest BCUT2D eigenvalue weighted by Crippen LogP contribution is 2.23. The van der Waals surface area contributed by atoms with Crippen molar-refractivity contribution in [2.45, 2.75) is 6.42 Å². The second-order valence-electron chi connectivity index (χ2n) is 5.00. The Morgan fingerprint density at radius 3 is 2.83 bits per heavy atom. The summed E-state index contributed by atoms with van der Waals surface area (Å²) in [6.45, 7) is 0. The number of nitrogens with one attached hydrogen (secondary N) is 1. The Kier molecular flexibility index (Phi) is 4.62. The molecule has 0 fully saturated rings. The number of hydrogen-bond acceptors (Lipinski definition) is 5. The van der Waals surface area contributed by atoms with Gasteiger partial charge in [0.2, 0.25) is 5.91 Å². The van der Waals surface area contributed by atoms with Crippen molar-refractivity contribution >= 4 is 28.9 Å². The molecule has 24 heavy (non-hydrogen) atoms. The number of rotatable bonds is 5. The molecule has 2 heterocycles. The average molecular weight is 339 g/mol. The zero-order valence-electron chi connectivity index (χ0n) is 12.5. The molecule has 0 aliphatic rings. The number of aromatic carboxylic acids is 1. The Bertz CT molecular complexity index is 878. The monoisotopic (exact) mass is 339 g/mol. The van der Waals surface area contributed by atoms with Crippen LogP contribution in [0, 0.1) is 0 Å². The van der Waals surface area contributed by atoms with E-state index in [1.54, 1.807) is 24.5 Å². The summed E-state index contributed by atoms with van der Waals surface area (Å²) in [5.41, 5.74) is 2.14. The summed E-state index contributed by atoms with van der Waals surface area (Å²) in [5, 5.41) is 14.3. The second-order valence-corrected chi connectivity index (χ2v) is 5.85. The van der Waals surface area contributed by atoms with Crippen LogP contribution in [0.15, 0.2) is 54.2 Å². The first kappa shape index (κ1) is 15.8. The highest BCUT2D eigenvalue weighted by atomic mass is 32.1. The fourth-order valence-corrected chi connectivity index (χ4v) is 2.92. The van der Waals surface area contributed by atoms with Crippen molar-refractivity contribution in [1.29, 1.82) is 0 Å². The van der Waals surface area contributed by atoms with Gasteiger partial charge in [0, 0.05) is 29.0 Å². The van der Waals surface area contributed by atoms with Crippen LogP contribution in [-0.2, 0) is 11.2 Å². The lowest BCUT2D eigenvalue weighted by molar-refractivity contribution is -0.115. The van der Waals surface area contributed by atoms with Gasteiger partial charge < -0.3 is 10.4 Å². The molecule has 1 aromatic carbocycles. The topological polar surface area (TPSA) is 92.2 Å². The Labute approximate surface area is 141 Å². The van der Waals surface area contributed by atoms with E-state index in [9.17, 15) is 9.59 Å². The van der Waals surface area contributed by atoms with Crippen LogP contribution in [0.5, 0.6) is 0 Å². The molecule has 6 nitrogen and oxygen atoms in total. The standard InChI is InChI=1S/C17H13N3O3S/c21-15(19-13-5-1-3-11(7-13)17(22)23)8-14-10-24-16(20-14)12-4-2-6-18-9-12/h1-7,9-10H,8H2,(H,19,21)(H,22,23). The van der Waals surface area contributed by atoms with Crippen molar-refractivity contribution in [3.8, 4) is 10.6 Å². The van der Waals surface area contributed by atoms with Crippen LogP contribution in [-0.4, -0.2) is 27.0 Å². The number of carbonyl (C=O) groups is 2. The van der Waals surface area contributed by atoms with Gasteiger partial charge in [0.1, 0.15) is 5.01 Å². The largest absolute Gasteiger partial charge is 0.478 e. The number of anilines is 1. The van der Waals surface area contributed by atoms with Crippen molar-refractivity contribution in [2.24, 2.45) is 0 Å². The highest BCUT2D eigenvalue weighted by molar-refractivity contribution is 7.13. The van der Waals surface area contributed by atoms with Gasteiger partial charge in [-0.15, -0.1) is 11.3 Å². The predicted octanol–water partition coefficient (Wildman–Crippen LogP) is 3.08. The van der Waals surface area contributed by atoms with Crippen LogP contribution < -0.4 is 5.32 Å². The second kappa shape index (κ2) is 7.01. The van der Waals surface area contributed by atoms with Crippen LogP contribution in [0.25, 0.3) is 10.6 Å². The molecule has 0 bridgehead atoms. The zero-order chi connectivity index (χ0) is 16.9. The number of thiazole rings is 1. The number of benzene rings is 1. The van der Waals surface area contributed by atoms with Crippen molar-refractivity contribution in [2.75, 3.05) is 5.32 Å². The molecule has 2 aromatic heterocycles. The third kappa shape index (κ3) is 3.82. The number of carbonyl (C=O) groups excluding carboxylic acids is 1. The van der Waals surface area contributed by atoms with Crippen LogP contribution in [0.1, 0.15) is 16.1 Å². The minimum atomic E-state index is -1.04. The number of pyridine rings is 1. The lowest BCUT2D eigenvalue weighted by Gasteiger charge is -2.05. The minimum absolute atomic E-state index is 0.119. The molecule has 0 spiro atoms. The SMILES string of the molecule is O=C(Cc1csc(-c2cccnc2)n1)Nc1cccc(C(=O)O)c1. The third-order valence-electron chi connectivity index (χ3n) is 3.20. The van der Waals surface area contributed by atoms with Crippen LogP contribution in [0.2, 0.25) is 0 Å². The molecule has 0 radical (unpaired) electrons. The number of amides is 1. The molecular formula is C17H13N3O3S. The molecule has 1 amide bonds. The van der Waals surface area contributed by atoms with E-state index < -0.39 is 5.97 Å². The van der Waals surface area contributed by atoms with E-state index in [0.29, 0.717) is 11.4 Å². The number of aromatic nitrogens is 2. The van der Waals surface area contributed by atoms with Gasteiger partial charge in [-0.25, -0.2) is 9.78 Å². The van der Waals surface area contributed by atoms with E-state index in [4.69, 9.17) is 5.11 Å². The minimum Gasteiger partial charge on any atom is -0.478 e. The van der Waals surface area contributed by atoms with E-state index in [1.165, 1.54) is 23.5 Å². The fraction of sp³-hybridized carbons (Fsp3) is 0.0588. The van der Waals surface area contributed by atoms with Gasteiger partial charge in [-0.2, -0.15) is 0 Å². The molecular weight excluding hydrogens is 326 g/mol. The van der Waals surface area contributed by atoms with Crippen LogP contribution >= 0.6 is 11.3 Å². The van der Waals surface area contributed by atoms with Gasteiger partial charge in [0.15, 0.2) is 0 Å². The number of nitrogens with zero attached hydrogens (tertiary/aromatic N) is 2. The van der Waals surface area contributed by atoms with Crippen molar-refractivity contribution in [1.82, 2.24) is 9.97 Å². The molecule has 3 aromatic rings. The molecule has 120 valence electrons. The summed E-state index contributed by atoms with van der Waals surface area (Å²) >= 11 is 1.45. The van der Waals surface area contributed by atoms with E-state index in [1.807, 2.05) is 17.5 Å². The average Bonchev–Trinajstić information content (AvgIpc) is 3.04.